The van der Waals surface area contributed by atoms with Gasteiger partial charge in [-0.15, -0.1) is 0 Å². The maximum Gasteiger partial charge on any atom is 0.333 e. The van der Waals surface area contributed by atoms with Crippen molar-refractivity contribution in [2.24, 2.45) is 0 Å². The van der Waals surface area contributed by atoms with Crippen LogP contribution in [0.5, 0.6) is 0 Å². The van der Waals surface area contributed by atoms with E-state index < -0.39 is 5.97 Å². The van der Waals surface area contributed by atoms with E-state index in [0.717, 1.165) is 5.69 Å². The number of anilines is 2. The lowest BCUT2D eigenvalue weighted by Crippen LogP contribution is -2.25. The van der Waals surface area contributed by atoms with Crippen LogP contribution >= 0.6 is 0 Å². The number of aliphatic carboxylic acids is 1. The van der Waals surface area contributed by atoms with E-state index in [2.05, 4.69) is 0 Å². The molecule has 1 aromatic rings. The van der Waals surface area contributed by atoms with Gasteiger partial charge in [0.15, 0.2) is 0 Å². The molecule has 0 unspecified atom stereocenters. The molecule has 2 rings (SSSR count). The van der Waals surface area contributed by atoms with Gasteiger partial charge in [-0.3, -0.25) is 0 Å². The van der Waals surface area contributed by atoms with Crippen molar-refractivity contribution in [3.8, 4) is 0 Å². The number of hydrogen-bond donors (Lipinski definition) is 2. The summed E-state index contributed by atoms with van der Waals surface area (Å²) in [6.45, 7) is 0.333. The molecular weight excluding hydrogens is 204 g/mol. The van der Waals surface area contributed by atoms with Crippen LogP contribution in [-0.2, 0) is 4.79 Å². The molecule has 0 aromatic heterocycles. The van der Waals surface area contributed by atoms with Crippen LogP contribution in [-0.4, -0.2) is 17.6 Å². The zero-order valence-electron chi connectivity index (χ0n) is 8.63. The van der Waals surface area contributed by atoms with E-state index in [0.29, 0.717) is 17.8 Å². The van der Waals surface area contributed by atoms with E-state index in [9.17, 15) is 4.79 Å². The van der Waals surface area contributed by atoms with Gasteiger partial charge in [-0.2, -0.15) is 0 Å². The number of carbonyl (C=O) groups is 1. The highest BCUT2D eigenvalue weighted by molar-refractivity contribution is 5.89. The molecule has 1 heterocycles. The third kappa shape index (κ3) is 1.91. The highest BCUT2D eigenvalue weighted by Gasteiger charge is 2.15. The van der Waals surface area contributed by atoms with Crippen LogP contribution in [0, 0.1) is 0 Å². The number of allylic oxidation sites excluding steroid dienone is 2. The van der Waals surface area contributed by atoms with Gasteiger partial charge < -0.3 is 15.7 Å². The van der Waals surface area contributed by atoms with Crippen LogP contribution in [0.3, 0.4) is 0 Å². The fraction of sp³-hybridized carbons (Fsp3) is 0.0833. The van der Waals surface area contributed by atoms with Crippen molar-refractivity contribution in [2.45, 2.75) is 0 Å². The third-order valence-corrected chi connectivity index (χ3v) is 2.42. The number of carboxylic acid groups (broad SMARTS) is 1. The van der Waals surface area contributed by atoms with Crippen LogP contribution in [0.25, 0.3) is 0 Å². The number of para-hydroxylation sites is 2. The van der Waals surface area contributed by atoms with Gasteiger partial charge in [0.2, 0.25) is 0 Å². The minimum atomic E-state index is -0.899. The van der Waals surface area contributed by atoms with Gasteiger partial charge in [0.05, 0.1) is 23.5 Å². The highest BCUT2D eigenvalue weighted by atomic mass is 16.4. The van der Waals surface area contributed by atoms with E-state index in [1.165, 1.54) is 0 Å². The molecule has 0 bridgehead atoms. The second kappa shape index (κ2) is 4.10. The van der Waals surface area contributed by atoms with Crippen molar-refractivity contribution in [1.82, 2.24) is 0 Å². The monoisotopic (exact) mass is 216 g/mol. The number of nitrogens with zero attached hydrogens (tertiary/aromatic N) is 1. The van der Waals surface area contributed by atoms with Gasteiger partial charge in [-0.25, -0.2) is 4.79 Å². The molecule has 0 atom stereocenters. The SMILES string of the molecule is Nc1ccccc1N1C=CC=C(C(=O)O)C1. The topological polar surface area (TPSA) is 66.6 Å². The summed E-state index contributed by atoms with van der Waals surface area (Å²) in [6.07, 6.45) is 5.12. The number of nitrogens with two attached hydrogens (primary N) is 1. The largest absolute Gasteiger partial charge is 0.478 e. The molecule has 1 aliphatic heterocycles. The van der Waals surface area contributed by atoms with Crippen molar-refractivity contribution in [3.63, 3.8) is 0 Å². The van der Waals surface area contributed by atoms with E-state index in [1.807, 2.05) is 29.3 Å². The quantitative estimate of drug-likeness (QED) is 0.737. The van der Waals surface area contributed by atoms with Gasteiger partial charge in [0.25, 0.3) is 0 Å². The summed E-state index contributed by atoms with van der Waals surface area (Å²) in [4.78, 5) is 12.7. The highest BCUT2D eigenvalue weighted by Crippen LogP contribution is 2.25. The van der Waals surface area contributed by atoms with Gasteiger partial charge >= 0.3 is 5.97 Å². The molecule has 82 valence electrons. The Hall–Kier alpha value is -2.23. The number of benzene rings is 1. The lowest BCUT2D eigenvalue weighted by molar-refractivity contribution is -0.132. The number of hydrogen-bond acceptors (Lipinski definition) is 3. The van der Waals surface area contributed by atoms with Gasteiger partial charge in [0, 0.05) is 6.20 Å². The van der Waals surface area contributed by atoms with Crippen molar-refractivity contribution in [2.75, 3.05) is 17.2 Å². The summed E-state index contributed by atoms with van der Waals surface area (Å²) >= 11 is 0. The predicted molar refractivity (Wildman–Crippen MR) is 63.1 cm³/mol. The molecule has 0 spiro atoms. The number of carboxylic acids is 1. The fourth-order valence-electron chi connectivity index (χ4n) is 1.61. The number of nitrogen functional groups attached to an aromatic ring is 1. The second-order valence-corrected chi connectivity index (χ2v) is 3.53. The molecule has 4 heteroatoms. The molecule has 0 amide bonds. The molecule has 1 aromatic carbocycles. The average molecular weight is 216 g/mol. The van der Waals surface area contributed by atoms with Crippen LogP contribution in [0.2, 0.25) is 0 Å². The molecule has 0 saturated carbocycles. The van der Waals surface area contributed by atoms with Crippen LogP contribution < -0.4 is 10.6 Å². The first kappa shape index (κ1) is 10.3. The van der Waals surface area contributed by atoms with Crippen molar-refractivity contribution in [1.29, 1.82) is 0 Å². The molecule has 16 heavy (non-hydrogen) atoms. The van der Waals surface area contributed by atoms with Crippen LogP contribution in [0.15, 0.2) is 48.2 Å². The minimum Gasteiger partial charge on any atom is -0.478 e. The zero-order valence-corrected chi connectivity index (χ0v) is 8.63. The molecule has 0 aliphatic carbocycles. The Bertz CT molecular complexity index is 478. The maximum absolute atomic E-state index is 10.9. The van der Waals surface area contributed by atoms with E-state index in [1.54, 1.807) is 18.2 Å². The standard InChI is InChI=1S/C12H12N2O2/c13-10-5-1-2-6-11(10)14-7-3-4-9(8-14)12(15)16/h1-7H,8,13H2,(H,15,16). The second-order valence-electron chi connectivity index (χ2n) is 3.53. The van der Waals surface area contributed by atoms with Gasteiger partial charge in [-0.05, 0) is 24.3 Å². The summed E-state index contributed by atoms with van der Waals surface area (Å²) in [5.74, 6) is -0.899. The Morgan fingerprint density at radius 1 is 1.38 bits per heavy atom. The lowest BCUT2D eigenvalue weighted by Gasteiger charge is -2.24. The molecule has 4 nitrogen and oxygen atoms in total. The summed E-state index contributed by atoms with van der Waals surface area (Å²) in [7, 11) is 0. The van der Waals surface area contributed by atoms with E-state index in [-0.39, 0.29) is 0 Å². The summed E-state index contributed by atoms with van der Waals surface area (Å²) in [5.41, 5.74) is 7.65. The summed E-state index contributed by atoms with van der Waals surface area (Å²) in [6, 6.07) is 7.38. The molecule has 1 aliphatic rings. The third-order valence-electron chi connectivity index (χ3n) is 2.42. The van der Waals surface area contributed by atoms with Crippen LogP contribution in [0.1, 0.15) is 0 Å². The van der Waals surface area contributed by atoms with Gasteiger partial charge in [0.1, 0.15) is 0 Å². The van der Waals surface area contributed by atoms with Crippen molar-refractivity contribution >= 4 is 17.3 Å². The molecule has 0 saturated heterocycles. The smallest absolute Gasteiger partial charge is 0.333 e. The Morgan fingerprint density at radius 2 is 2.12 bits per heavy atom. The van der Waals surface area contributed by atoms with Crippen molar-refractivity contribution < 1.29 is 9.90 Å². The first-order valence-corrected chi connectivity index (χ1v) is 4.90. The fourth-order valence-corrected chi connectivity index (χ4v) is 1.61. The van der Waals surface area contributed by atoms with E-state index in [4.69, 9.17) is 10.8 Å². The first-order valence-electron chi connectivity index (χ1n) is 4.90. The minimum absolute atomic E-state index is 0.333. The Morgan fingerprint density at radius 3 is 2.81 bits per heavy atom. The predicted octanol–water partition coefficient (Wildman–Crippen LogP) is 1.61. The lowest BCUT2D eigenvalue weighted by atomic mass is 10.1. The first-order chi connectivity index (χ1) is 7.68. The average Bonchev–Trinajstić information content (AvgIpc) is 2.30. The zero-order chi connectivity index (χ0) is 11.5. The van der Waals surface area contributed by atoms with E-state index >= 15 is 0 Å². The Kier molecular flexibility index (Phi) is 2.64. The van der Waals surface area contributed by atoms with Gasteiger partial charge in [-0.1, -0.05) is 12.1 Å². The number of rotatable bonds is 2. The van der Waals surface area contributed by atoms with Crippen molar-refractivity contribution in [3.05, 3.63) is 48.2 Å². The molecule has 3 N–H and O–H groups in total. The van der Waals surface area contributed by atoms with Crippen LogP contribution in [0.4, 0.5) is 11.4 Å². The summed E-state index contributed by atoms with van der Waals surface area (Å²) < 4.78 is 0. The molecular formula is C12H12N2O2. The Balaban J connectivity index is 2.27. The summed E-state index contributed by atoms with van der Waals surface area (Å²) in [5, 5.41) is 8.91. The Labute approximate surface area is 93.3 Å². The normalized spacial score (nSPS) is 14.8. The maximum atomic E-state index is 10.9. The molecule has 0 radical (unpaired) electrons. The molecule has 0 fully saturated rings.